The van der Waals surface area contributed by atoms with Crippen molar-refractivity contribution in [3.05, 3.63) is 54.1 Å². The zero-order valence-electron chi connectivity index (χ0n) is 9.41. The van der Waals surface area contributed by atoms with E-state index in [1.165, 1.54) is 12.1 Å². The summed E-state index contributed by atoms with van der Waals surface area (Å²) in [6.45, 7) is 0. The van der Waals surface area contributed by atoms with Gasteiger partial charge in [0.25, 0.3) is 0 Å². The van der Waals surface area contributed by atoms with Crippen LogP contribution < -0.4 is 5.11 Å². The monoisotopic (exact) mass is 243 g/mol. The van der Waals surface area contributed by atoms with Crippen LogP contribution in [0.2, 0.25) is 0 Å². The highest BCUT2D eigenvalue weighted by molar-refractivity contribution is 5.73. The number of hydrogen-bond acceptors (Lipinski definition) is 4. The molecule has 2 rings (SSSR count). The maximum atomic E-state index is 10.5. The molecule has 92 valence electrons. The average Bonchev–Trinajstić information content (AvgIpc) is 2.39. The van der Waals surface area contributed by atoms with Crippen LogP contribution >= 0.6 is 0 Å². The lowest BCUT2D eigenvalue weighted by molar-refractivity contribution is -0.315. The highest BCUT2D eigenvalue weighted by Crippen LogP contribution is 2.23. The first-order chi connectivity index (χ1) is 8.58. The quantitative estimate of drug-likeness (QED) is 0.837. The summed E-state index contributed by atoms with van der Waals surface area (Å²) in [5.74, 6) is -1.34. The minimum atomic E-state index is -1.61. The Morgan fingerprint density at radius 1 is 0.944 bits per heavy atom. The Balaban J connectivity index is 2.27. The molecule has 0 aromatic heterocycles. The molecule has 0 aliphatic carbocycles. The van der Waals surface area contributed by atoms with Crippen LogP contribution in [0.25, 0.3) is 11.1 Å². The molecule has 0 saturated heterocycles. The van der Waals surface area contributed by atoms with Gasteiger partial charge >= 0.3 is 0 Å². The van der Waals surface area contributed by atoms with Crippen molar-refractivity contribution in [2.75, 3.05) is 0 Å². The topological polar surface area (TPSA) is 80.6 Å². The first-order valence-electron chi connectivity index (χ1n) is 5.36. The number of carboxylic acid groups (broad SMARTS) is 1. The number of aromatic hydroxyl groups is 1. The third-order valence-corrected chi connectivity index (χ3v) is 2.65. The average molecular weight is 243 g/mol. The predicted octanol–water partition coefficient (Wildman–Crippen LogP) is 0.842. The SMILES string of the molecule is O=C([O-])C(O)c1ccc(-c2ccc(O)cc2)cc1. The molecule has 0 aliphatic rings. The van der Waals surface area contributed by atoms with E-state index in [1.54, 1.807) is 36.4 Å². The van der Waals surface area contributed by atoms with Crippen molar-refractivity contribution in [1.29, 1.82) is 0 Å². The van der Waals surface area contributed by atoms with E-state index < -0.39 is 12.1 Å². The summed E-state index contributed by atoms with van der Waals surface area (Å²) < 4.78 is 0. The summed E-state index contributed by atoms with van der Waals surface area (Å²) in [6.07, 6.45) is -1.61. The third kappa shape index (κ3) is 2.49. The van der Waals surface area contributed by atoms with Crippen LogP contribution in [-0.4, -0.2) is 16.2 Å². The minimum Gasteiger partial charge on any atom is -0.547 e. The number of rotatable bonds is 3. The zero-order valence-corrected chi connectivity index (χ0v) is 9.41. The summed E-state index contributed by atoms with van der Waals surface area (Å²) in [7, 11) is 0. The van der Waals surface area contributed by atoms with Crippen molar-refractivity contribution < 1.29 is 20.1 Å². The van der Waals surface area contributed by atoms with Gasteiger partial charge in [-0.25, -0.2) is 0 Å². The maximum Gasteiger partial charge on any atom is 0.118 e. The highest BCUT2D eigenvalue weighted by atomic mass is 16.4. The lowest BCUT2D eigenvalue weighted by atomic mass is 10.0. The maximum absolute atomic E-state index is 10.5. The molecule has 0 spiro atoms. The molecule has 2 N–H and O–H groups in total. The molecule has 1 unspecified atom stereocenters. The van der Waals surface area contributed by atoms with E-state index in [1.807, 2.05) is 0 Å². The molecule has 0 aliphatic heterocycles. The van der Waals surface area contributed by atoms with Gasteiger partial charge in [-0.15, -0.1) is 0 Å². The highest BCUT2D eigenvalue weighted by Gasteiger charge is 2.08. The van der Waals surface area contributed by atoms with Crippen LogP contribution in [0.4, 0.5) is 0 Å². The fraction of sp³-hybridized carbons (Fsp3) is 0.0714. The van der Waals surface area contributed by atoms with Crippen molar-refractivity contribution >= 4 is 5.97 Å². The summed E-state index contributed by atoms with van der Waals surface area (Å²) in [5, 5.41) is 29.0. The molecule has 4 nitrogen and oxygen atoms in total. The lowest BCUT2D eigenvalue weighted by Crippen LogP contribution is -2.29. The van der Waals surface area contributed by atoms with Gasteiger partial charge in [-0.1, -0.05) is 36.4 Å². The van der Waals surface area contributed by atoms with Gasteiger partial charge in [0, 0.05) is 0 Å². The zero-order chi connectivity index (χ0) is 13.1. The molecule has 0 amide bonds. The van der Waals surface area contributed by atoms with Gasteiger partial charge in [0.1, 0.15) is 11.9 Å². The van der Waals surface area contributed by atoms with Gasteiger partial charge in [0.05, 0.1) is 5.97 Å². The lowest BCUT2D eigenvalue weighted by Gasteiger charge is -2.12. The van der Waals surface area contributed by atoms with E-state index in [9.17, 15) is 20.1 Å². The largest absolute Gasteiger partial charge is 0.547 e. The van der Waals surface area contributed by atoms with Gasteiger partial charge in [0.2, 0.25) is 0 Å². The first-order valence-corrected chi connectivity index (χ1v) is 5.36. The molecule has 2 aromatic rings. The molecule has 0 fully saturated rings. The smallest absolute Gasteiger partial charge is 0.118 e. The number of hydrogen-bond donors (Lipinski definition) is 2. The number of carboxylic acids is 1. The number of aliphatic hydroxyl groups excluding tert-OH is 1. The van der Waals surface area contributed by atoms with E-state index in [4.69, 9.17) is 0 Å². The minimum absolute atomic E-state index is 0.183. The molecule has 2 aromatic carbocycles. The van der Waals surface area contributed by atoms with E-state index in [2.05, 4.69) is 0 Å². The van der Waals surface area contributed by atoms with Crippen LogP contribution in [0.5, 0.6) is 5.75 Å². The number of phenolic OH excluding ortho intramolecular Hbond substituents is 1. The second-order valence-electron chi connectivity index (χ2n) is 3.89. The number of aliphatic carboxylic acids is 1. The van der Waals surface area contributed by atoms with E-state index >= 15 is 0 Å². The number of carbonyl (C=O) groups excluding carboxylic acids is 1. The van der Waals surface area contributed by atoms with E-state index in [-0.39, 0.29) is 11.3 Å². The summed E-state index contributed by atoms with van der Waals surface area (Å²) in [6, 6.07) is 13.1. The van der Waals surface area contributed by atoms with Gasteiger partial charge in [-0.2, -0.15) is 0 Å². The summed E-state index contributed by atoms with van der Waals surface area (Å²) in [4.78, 5) is 10.5. The van der Waals surface area contributed by atoms with Crippen molar-refractivity contribution in [2.24, 2.45) is 0 Å². The van der Waals surface area contributed by atoms with Crippen molar-refractivity contribution in [2.45, 2.75) is 6.10 Å². The van der Waals surface area contributed by atoms with Crippen LogP contribution in [-0.2, 0) is 4.79 Å². The Labute approximate surface area is 104 Å². The Bertz CT molecular complexity index is 543. The van der Waals surface area contributed by atoms with Crippen molar-refractivity contribution in [3.63, 3.8) is 0 Å². The van der Waals surface area contributed by atoms with E-state index in [0.29, 0.717) is 0 Å². The Hall–Kier alpha value is -2.33. The first kappa shape index (κ1) is 12.1. The standard InChI is InChI=1S/C14H12O4/c15-12-7-5-10(6-8-12)9-1-3-11(4-2-9)13(16)14(17)18/h1-8,13,15-16H,(H,17,18)/p-1. The molecular weight excluding hydrogens is 232 g/mol. The summed E-state index contributed by atoms with van der Waals surface area (Å²) in [5.41, 5.74) is 2.03. The van der Waals surface area contributed by atoms with Crippen LogP contribution in [0, 0.1) is 0 Å². The van der Waals surface area contributed by atoms with Gasteiger partial charge < -0.3 is 20.1 Å². The van der Waals surface area contributed by atoms with Crippen molar-refractivity contribution in [1.82, 2.24) is 0 Å². The Morgan fingerprint density at radius 2 is 1.39 bits per heavy atom. The third-order valence-electron chi connectivity index (χ3n) is 2.65. The summed E-state index contributed by atoms with van der Waals surface area (Å²) >= 11 is 0. The normalized spacial score (nSPS) is 12.1. The Kier molecular flexibility index (Phi) is 3.30. The second kappa shape index (κ2) is 4.89. The number of aliphatic hydroxyl groups is 1. The molecule has 0 radical (unpaired) electrons. The van der Waals surface area contributed by atoms with Gasteiger partial charge in [-0.3, -0.25) is 0 Å². The van der Waals surface area contributed by atoms with E-state index in [0.717, 1.165) is 11.1 Å². The predicted molar refractivity (Wildman–Crippen MR) is 63.5 cm³/mol. The van der Waals surface area contributed by atoms with Gasteiger partial charge in [0.15, 0.2) is 0 Å². The molecular formula is C14H11O4-. The number of carbonyl (C=O) groups is 1. The fourth-order valence-electron chi connectivity index (χ4n) is 1.65. The Morgan fingerprint density at radius 3 is 1.83 bits per heavy atom. The second-order valence-corrected chi connectivity index (χ2v) is 3.89. The fourth-order valence-corrected chi connectivity index (χ4v) is 1.65. The van der Waals surface area contributed by atoms with Crippen LogP contribution in [0.15, 0.2) is 48.5 Å². The molecule has 0 saturated carbocycles. The number of benzene rings is 2. The molecule has 18 heavy (non-hydrogen) atoms. The molecule has 0 heterocycles. The molecule has 4 heteroatoms. The molecule has 0 bridgehead atoms. The van der Waals surface area contributed by atoms with Crippen LogP contribution in [0.3, 0.4) is 0 Å². The van der Waals surface area contributed by atoms with Crippen molar-refractivity contribution in [3.8, 4) is 16.9 Å². The van der Waals surface area contributed by atoms with Gasteiger partial charge in [-0.05, 0) is 28.8 Å². The molecule has 1 atom stereocenters. The van der Waals surface area contributed by atoms with Crippen LogP contribution in [0.1, 0.15) is 11.7 Å². The number of phenols is 1.